The number of fused-ring (bicyclic) bond motifs is 1. The van der Waals surface area contributed by atoms with Gasteiger partial charge >= 0.3 is 5.97 Å². The standard InChI is InChI=1S/C12H12O4/c1-7-10(13)8-5-3-4-6-9(8)16-11(7)12(14)15-2/h3-7,11H,1-2H3. The number of ketones is 1. The lowest BCUT2D eigenvalue weighted by molar-refractivity contribution is -0.150. The number of rotatable bonds is 1. The molecule has 1 aliphatic rings. The maximum absolute atomic E-state index is 12.0. The van der Waals surface area contributed by atoms with Crippen LogP contribution in [0.2, 0.25) is 0 Å². The second kappa shape index (κ2) is 3.96. The molecule has 0 aromatic heterocycles. The number of benzene rings is 1. The summed E-state index contributed by atoms with van der Waals surface area (Å²) in [5.74, 6) is -0.670. The molecule has 0 fully saturated rings. The molecule has 0 bridgehead atoms. The van der Waals surface area contributed by atoms with Gasteiger partial charge in [-0.1, -0.05) is 19.1 Å². The van der Waals surface area contributed by atoms with Gasteiger partial charge < -0.3 is 9.47 Å². The molecule has 2 rings (SSSR count). The van der Waals surface area contributed by atoms with Gasteiger partial charge in [0.1, 0.15) is 5.75 Å². The smallest absolute Gasteiger partial charge is 0.347 e. The van der Waals surface area contributed by atoms with Crippen LogP contribution in [-0.4, -0.2) is 25.0 Å². The fourth-order valence-corrected chi connectivity index (χ4v) is 1.76. The van der Waals surface area contributed by atoms with Crippen molar-refractivity contribution in [2.75, 3.05) is 7.11 Å². The number of para-hydroxylation sites is 1. The number of ether oxygens (including phenoxy) is 2. The van der Waals surface area contributed by atoms with Gasteiger partial charge in [0.25, 0.3) is 0 Å². The average molecular weight is 220 g/mol. The van der Waals surface area contributed by atoms with Crippen molar-refractivity contribution in [2.45, 2.75) is 13.0 Å². The van der Waals surface area contributed by atoms with Gasteiger partial charge in [-0.2, -0.15) is 0 Å². The molecule has 2 atom stereocenters. The van der Waals surface area contributed by atoms with Crippen LogP contribution in [0.5, 0.6) is 5.75 Å². The van der Waals surface area contributed by atoms with Crippen molar-refractivity contribution >= 4 is 11.8 Å². The van der Waals surface area contributed by atoms with Crippen LogP contribution in [0, 0.1) is 5.92 Å². The first-order chi connectivity index (χ1) is 7.65. The fraction of sp³-hybridized carbons (Fsp3) is 0.333. The van der Waals surface area contributed by atoms with E-state index in [2.05, 4.69) is 4.74 Å². The van der Waals surface area contributed by atoms with Crippen LogP contribution >= 0.6 is 0 Å². The summed E-state index contributed by atoms with van der Waals surface area (Å²) in [6.07, 6.45) is -0.840. The lowest BCUT2D eigenvalue weighted by Crippen LogP contribution is -2.42. The molecule has 1 aromatic carbocycles. The summed E-state index contributed by atoms with van der Waals surface area (Å²) in [4.78, 5) is 23.4. The molecule has 0 aliphatic carbocycles. The van der Waals surface area contributed by atoms with Crippen LogP contribution in [0.4, 0.5) is 0 Å². The first kappa shape index (κ1) is 10.7. The second-order valence-corrected chi connectivity index (χ2v) is 3.71. The van der Waals surface area contributed by atoms with Gasteiger partial charge in [-0.15, -0.1) is 0 Å². The molecule has 0 spiro atoms. The average Bonchev–Trinajstić information content (AvgIpc) is 2.33. The molecular formula is C12H12O4. The zero-order valence-electron chi connectivity index (χ0n) is 9.10. The summed E-state index contributed by atoms with van der Waals surface area (Å²) in [5, 5.41) is 0. The second-order valence-electron chi connectivity index (χ2n) is 3.71. The fourth-order valence-electron chi connectivity index (χ4n) is 1.76. The minimum absolute atomic E-state index is 0.0859. The topological polar surface area (TPSA) is 52.6 Å². The molecule has 84 valence electrons. The zero-order chi connectivity index (χ0) is 11.7. The molecular weight excluding hydrogens is 208 g/mol. The Morgan fingerprint density at radius 3 is 2.75 bits per heavy atom. The van der Waals surface area contributed by atoms with E-state index < -0.39 is 18.0 Å². The van der Waals surface area contributed by atoms with Crippen LogP contribution < -0.4 is 4.74 Å². The lowest BCUT2D eigenvalue weighted by Gasteiger charge is -2.28. The third kappa shape index (κ3) is 1.56. The van der Waals surface area contributed by atoms with E-state index >= 15 is 0 Å². The predicted octanol–water partition coefficient (Wildman–Crippen LogP) is 1.44. The quantitative estimate of drug-likeness (QED) is 0.672. The zero-order valence-corrected chi connectivity index (χ0v) is 9.10. The van der Waals surface area contributed by atoms with E-state index in [0.717, 1.165) is 0 Å². The number of esters is 1. The number of Topliss-reactive ketones (excluding diaryl/α,β-unsaturated/α-hetero) is 1. The van der Waals surface area contributed by atoms with Crippen LogP contribution in [0.3, 0.4) is 0 Å². The van der Waals surface area contributed by atoms with E-state index in [9.17, 15) is 9.59 Å². The van der Waals surface area contributed by atoms with E-state index in [4.69, 9.17) is 4.74 Å². The molecule has 16 heavy (non-hydrogen) atoms. The SMILES string of the molecule is COC(=O)C1Oc2ccccc2C(=O)C1C. The van der Waals surface area contributed by atoms with E-state index in [1.54, 1.807) is 31.2 Å². The maximum Gasteiger partial charge on any atom is 0.347 e. The minimum Gasteiger partial charge on any atom is -0.477 e. The maximum atomic E-state index is 12.0. The lowest BCUT2D eigenvalue weighted by atomic mass is 9.91. The highest BCUT2D eigenvalue weighted by atomic mass is 16.6. The van der Waals surface area contributed by atoms with Gasteiger partial charge in [-0.05, 0) is 12.1 Å². The monoisotopic (exact) mass is 220 g/mol. The van der Waals surface area contributed by atoms with Crippen molar-refractivity contribution in [3.8, 4) is 5.75 Å². The molecule has 1 aromatic rings. The summed E-state index contributed by atoms with van der Waals surface area (Å²) in [5.41, 5.74) is 0.523. The van der Waals surface area contributed by atoms with Crippen molar-refractivity contribution in [1.29, 1.82) is 0 Å². The summed E-state index contributed by atoms with van der Waals surface area (Å²) in [7, 11) is 1.28. The van der Waals surface area contributed by atoms with Gasteiger partial charge in [0.05, 0.1) is 18.6 Å². The first-order valence-electron chi connectivity index (χ1n) is 5.03. The van der Waals surface area contributed by atoms with E-state index in [1.165, 1.54) is 7.11 Å². The van der Waals surface area contributed by atoms with Crippen LogP contribution in [0.25, 0.3) is 0 Å². The molecule has 0 N–H and O–H groups in total. The molecule has 4 heteroatoms. The highest BCUT2D eigenvalue weighted by molar-refractivity contribution is 6.04. The van der Waals surface area contributed by atoms with Crippen molar-refractivity contribution < 1.29 is 19.1 Å². The van der Waals surface area contributed by atoms with Crippen LogP contribution in [-0.2, 0) is 9.53 Å². The van der Waals surface area contributed by atoms with Gasteiger partial charge in [0.2, 0.25) is 6.10 Å². The van der Waals surface area contributed by atoms with E-state index in [1.807, 2.05) is 0 Å². The van der Waals surface area contributed by atoms with E-state index in [-0.39, 0.29) is 5.78 Å². The highest BCUT2D eigenvalue weighted by Gasteiger charge is 2.38. The van der Waals surface area contributed by atoms with Crippen LogP contribution in [0.1, 0.15) is 17.3 Å². The summed E-state index contributed by atoms with van der Waals surface area (Å²) < 4.78 is 10.1. The molecule has 2 unspecified atom stereocenters. The Bertz CT molecular complexity index is 438. The molecule has 1 heterocycles. The third-order valence-electron chi connectivity index (χ3n) is 2.71. The largest absolute Gasteiger partial charge is 0.477 e. The molecule has 0 radical (unpaired) electrons. The number of hydrogen-bond donors (Lipinski definition) is 0. The van der Waals surface area contributed by atoms with Crippen LogP contribution in [0.15, 0.2) is 24.3 Å². The first-order valence-corrected chi connectivity index (χ1v) is 5.03. The van der Waals surface area contributed by atoms with Gasteiger partial charge in [-0.25, -0.2) is 4.79 Å². The Balaban J connectivity index is 2.39. The summed E-state index contributed by atoms with van der Waals surface area (Å²) in [6, 6.07) is 6.90. The Labute approximate surface area is 93.2 Å². The third-order valence-corrected chi connectivity index (χ3v) is 2.71. The Morgan fingerprint density at radius 1 is 1.38 bits per heavy atom. The van der Waals surface area contributed by atoms with E-state index in [0.29, 0.717) is 11.3 Å². The Morgan fingerprint density at radius 2 is 2.06 bits per heavy atom. The molecule has 0 saturated heterocycles. The normalized spacial score (nSPS) is 23.2. The van der Waals surface area contributed by atoms with Gasteiger partial charge in [0, 0.05) is 0 Å². The van der Waals surface area contributed by atoms with Crippen molar-refractivity contribution in [3.05, 3.63) is 29.8 Å². The number of carbonyl (C=O) groups is 2. The number of hydrogen-bond acceptors (Lipinski definition) is 4. The predicted molar refractivity (Wildman–Crippen MR) is 56.4 cm³/mol. The summed E-state index contributed by atoms with van der Waals surface area (Å²) in [6.45, 7) is 1.67. The van der Waals surface area contributed by atoms with Crippen molar-refractivity contribution in [3.63, 3.8) is 0 Å². The summed E-state index contributed by atoms with van der Waals surface area (Å²) >= 11 is 0. The molecule has 0 saturated carbocycles. The molecule has 1 aliphatic heterocycles. The highest BCUT2D eigenvalue weighted by Crippen LogP contribution is 2.30. The Kier molecular flexibility index (Phi) is 2.64. The minimum atomic E-state index is -0.840. The number of methoxy groups -OCH3 is 1. The van der Waals surface area contributed by atoms with Gasteiger partial charge in [0.15, 0.2) is 5.78 Å². The van der Waals surface area contributed by atoms with Crippen molar-refractivity contribution in [2.24, 2.45) is 5.92 Å². The van der Waals surface area contributed by atoms with Gasteiger partial charge in [-0.3, -0.25) is 4.79 Å². The molecule has 4 nitrogen and oxygen atoms in total. The number of carbonyl (C=O) groups excluding carboxylic acids is 2. The Hall–Kier alpha value is -1.84. The molecule has 0 amide bonds. The van der Waals surface area contributed by atoms with Crippen molar-refractivity contribution in [1.82, 2.24) is 0 Å².